The van der Waals surface area contributed by atoms with Crippen LogP contribution in [0, 0.1) is 10.1 Å². The van der Waals surface area contributed by atoms with Gasteiger partial charge in [0.25, 0.3) is 15.7 Å². The van der Waals surface area contributed by atoms with Crippen LogP contribution >= 0.6 is 0 Å². The average molecular weight is 344 g/mol. The van der Waals surface area contributed by atoms with Crippen molar-refractivity contribution in [1.82, 2.24) is 0 Å². The highest BCUT2D eigenvalue weighted by Gasteiger charge is 2.17. The van der Waals surface area contributed by atoms with Crippen molar-refractivity contribution in [2.24, 2.45) is 0 Å². The lowest BCUT2D eigenvalue weighted by atomic mass is 10.1. The normalized spacial score (nSPS) is 11.3. The van der Waals surface area contributed by atoms with Crippen LogP contribution in [0.1, 0.15) is 0 Å². The molecule has 0 atom stereocenters. The Bertz CT molecular complexity index is 1030. The van der Waals surface area contributed by atoms with E-state index in [-0.39, 0.29) is 16.3 Å². The molecule has 0 aliphatic heterocycles. The molecule has 0 aromatic heterocycles. The molecular weight excluding hydrogens is 332 g/mol. The van der Waals surface area contributed by atoms with Crippen LogP contribution in [0.3, 0.4) is 0 Å². The second-order valence-corrected chi connectivity index (χ2v) is 6.72. The van der Waals surface area contributed by atoms with E-state index in [2.05, 4.69) is 4.72 Å². The minimum atomic E-state index is -3.91. The average Bonchev–Trinajstić information content (AvgIpc) is 2.58. The van der Waals surface area contributed by atoms with Crippen molar-refractivity contribution < 1.29 is 18.4 Å². The molecule has 0 fully saturated rings. The van der Waals surface area contributed by atoms with Crippen molar-refractivity contribution in [3.05, 3.63) is 70.8 Å². The maximum Gasteiger partial charge on any atom is 0.269 e. The summed E-state index contributed by atoms with van der Waals surface area (Å²) in [6, 6.07) is 14.3. The fraction of sp³-hybridized carbons (Fsp3) is 0. The van der Waals surface area contributed by atoms with Gasteiger partial charge in [-0.25, -0.2) is 8.42 Å². The Morgan fingerprint density at radius 3 is 2.17 bits per heavy atom. The maximum atomic E-state index is 12.5. The number of phenolic OH excluding ortho intramolecular Hbond substituents is 1. The van der Waals surface area contributed by atoms with E-state index in [1.807, 2.05) is 0 Å². The van der Waals surface area contributed by atoms with E-state index in [9.17, 15) is 23.6 Å². The van der Waals surface area contributed by atoms with Gasteiger partial charge in [-0.3, -0.25) is 14.8 Å². The SMILES string of the molecule is O=[N+]([O-])c1ccc(S(=O)(=O)Nc2ccc(O)c3ccccc23)cc1. The summed E-state index contributed by atoms with van der Waals surface area (Å²) >= 11 is 0. The summed E-state index contributed by atoms with van der Waals surface area (Å²) in [4.78, 5) is 9.96. The van der Waals surface area contributed by atoms with Gasteiger partial charge in [0.2, 0.25) is 0 Å². The van der Waals surface area contributed by atoms with Gasteiger partial charge in [-0.15, -0.1) is 0 Å². The lowest BCUT2D eigenvalue weighted by Crippen LogP contribution is -2.13. The summed E-state index contributed by atoms with van der Waals surface area (Å²) in [5.41, 5.74) is 0.116. The largest absolute Gasteiger partial charge is 0.507 e. The predicted octanol–water partition coefficient (Wildman–Crippen LogP) is 3.25. The van der Waals surface area contributed by atoms with Crippen molar-refractivity contribution >= 4 is 32.2 Å². The highest BCUT2D eigenvalue weighted by molar-refractivity contribution is 7.92. The first-order valence-corrected chi connectivity index (χ1v) is 8.35. The molecule has 0 saturated heterocycles. The maximum absolute atomic E-state index is 12.5. The monoisotopic (exact) mass is 344 g/mol. The fourth-order valence-electron chi connectivity index (χ4n) is 2.32. The summed E-state index contributed by atoms with van der Waals surface area (Å²) < 4.78 is 27.4. The molecule has 0 aliphatic rings. The Morgan fingerprint density at radius 2 is 1.54 bits per heavy atom. The van der Waals surface area contributed by atoms with Crippen LogP contribution in [0.4, 0.5) is 11.4 Å². The van der Waals surface area contributed by atoms with Gasteiger partial charge in [-0.2, -0.15) is 0 Å². The van der Waals surface area contributed by atoms with Crippen LogP contribution in [0.15, 0.2) is 65.6 Å². The molecule has 0 bridgehead atoms. The van der Waals surface area contributed by atoms with Gasteiger partial charge in [0.05, 0.1) is 15.5 Å². The first kappa shape index (κ1) is 15.8. The number of benzene rings is 3. The number of non-ortho nitro benzene ring substituents is 1. The molecule has 24 heavy (non-hydrogen) atoms. The number of nitrogens with one attached hydrogen (secondary N) is 1. The van der Waals surface area contributed by atoms with E-state index in [1.54, 1.807) is 24.3 Å². The molecule has 2 N–H and O–H groups in total. The van der Waals surface area contributed by atoms with Crippen molar-refractivity contribution in [2.75, 3.05) is 4.72 Å². The summed E-state index contributed by atoms with van der Waals surface area (Å²) in [6.45, 7) is 0. The Labute approximate surface area is 137 Å². The molecule has 0 unspecified atom stereocenters. The van der Waals surface area contributed by atoms with Crippen LogP contribution in [0.2, 0.25) is 0 Å². The summed E-state index contributed by atoms with van der Waals surface area (Å²) in [6.07, 6.45) is 0. The molecule has 0 radical (unpaired) electrons. The second-order valence-electron chi connectivity index (χ2n) is 5.03. The number of phenols is 1. The Balaban J connectivity index is 2.01. The molecular formula is C16H12N2O5S. The first-order chi connectivity index (χ1) is 11.4. The number of sulfonamides is 1. The van der Waals surface area contributed by atoms with Crippen LogP contribution < -0.4 is 4.72 Å². The standard InChI is InChI=1S/C16H12N2O5S/c19-16-10-9-15(13-3-1-2-4-14(13)16)17-24(22,23)12-7-5-11(6-8-12)18(20)21/h1-10,17,19H. The molecule has 0 spiro atoms. The van der Waals surface area contributed by atoms with E-state index in [0.717, 1.165) is 12.1 Å². The highest BCUT2D eigenvalue weighted by atomic mass is 32.2. The Kier molecular flexibility index (Phi) is 3.82. The molecule has 8 heteroatoms. The molecule has 0 saturated carbocycles. The van der Waals surface area contributed by atoms with Crippen molar-refractivity contribution in [3.8, 4) is 5.75 Å². The van der Waals surface area contributed by atoms with Gasteiger partial charge in [-0.1, -0.05) is 24.3 Å². The minimum Gasteiger partial charge on any atom is -0.507 e. The van der Waals surface area contributed by atoms with E-state index < -0.39 is 14.9 Å². The van der Waals surface area contributed by atoms with E-state index >= 15 is 0 Å². The molecule has 3 aromatic carbocycles. The number of nitro benzene ring substituents is 1. The van der Waals surface area contributed by atoms with Crippen molar-refractivity contribution in [2.45, 2.75) is 4.90 Å². The molecule has 7 nitrogen and oxygen atoms in total. The first-order valence-electron chi connectivity index (χ1n) is 6.86. The summed E-state index contributed by atoms with van der Waals surface area (Å²) in [5.74, 6) is 0.0453. The minimum absolute atomic E-state index is 0.0453. The summed E-state index contributed by atoms with van der Waals surface area (Å²) in [7, 11) is -3.91. The number of aromatic hydroxyl groups is 1. The lowest BCUT2D eigenvalue weighted by molar-refractivity contribution is -0.384. The number of nitro groups is 1. The molecule has 122 valence electrons. The van der Waals surface area contributed by atoms with E-state index in [1.165, 1.54) is 24.3 Å². The number of rotatable bonds is 4. The topological polar surface area (TPSA) is 110 Å². The fourth-order valence-corrected chi connectivity index (χ4v) is 3.40. The number of fused-ring (bicyclic) bond motifs is 1. The zero-order valence-electron chi connectivity index (χ0n) is 12.2. The molecule has 3 rings (SSSR count). The third-order valence-corrected chi connectivity index (χ3v) is 4.88. The zero-order valence-corrected chi connectivity index (χ0v) is 13.0. The van der Waals surface area contributed by atoms with Gasteiger partial charge in [-0.05, 0) is 24.3 Å². The molecule has 3 aromatic rings. The van der Waals surface area contributed by atoms with E-state index in [0.29, 0.717) is 16.5 Å². The van der Waals surface area contributed by atoms with Gasteiger partial charge in [0.1, 0.15) is 5.75 Å². The number of anilines is 1. The molecule has 0 heterocycles. The molecule has 0 aliphatic carbocycles. The zero-order chi connectivity index (χ0) is 17.3. The van der Waals surface area contributed by atoms with Gasteiger partial charge in [0, 0.05) is 22.9 Å². The van der Waals surface area contributed by atoms with Crippen LogP contribution in [-0.4, -0.2) is 18.4 Å². The lowest BCUT2D eigenvalue weighted by Gasteiger charge is -2.11. The Morgan fingerprint density at radius 1 is 0.917 bits per heavy atom. The van der Waals surface area contributed by atoms with Crippen LogP contribution in [0.25, 0.3) is 10.8 Å². The van der Waals surface area contributed by atoms with Crippen molar-refractivity contribution in [3.63, 3.8) is 0 Å². The third kappa shape index (κ3) is 2.86. The quantitative estimate of drug-likeness (QED) is 0.429. The highest BCUT2D eigenvalue weighted by Crippen LogP contribution is 2.32. The third-order valence-electron chi connectivity index (χ3n) is 3.50. The number of nitrogens with zero attached hydrogens (tertiary/aromatic N) is 1. The van der Waals surface area contributed by atoms with Gasteiger partial charge in [0.15, 0.2) is 0 Å². The van der Waals surface area contributed by atoms with Crippen molar-refractivity contribution in [1.29, 1.82) is 0 Å². The Hall–Kier alpha value is -3.13. The number of hydrogen-bond acceptors (Lipinski definition) is 5. The smallest absolute Gasteiger partial charge is 0.269 e. The second kappa shape index (κ2) is 5.82. The van der Waals surface area contributed by atoms with E-state index in [4.69, 9.17) is 0 Å². The molecule has 0 amide bonds. The van der Waals surface area contributed by atoms with Gasteiger partial charge < -0.3 is 5.11 Å². The number of hydrogen-bond donors (Lipinski definition) is 2. The van der Waals surface area contributed by atoms with Gasteiger partial charge >= 0.3 is 0 Å². The summed E-state index contributed by atoms with van der Waals surface area (Å²) in [5, 5.41) is 21.6. The predicted molar refractivity (Wildman–Crippen MR) is 89.5 cm³/mol. The van der Waals surface area contributed by atoms with Crippen LogP contribution in [0.5, 0.6) is 5.75 Å². The van der Waals surface area contributed by atoms with Crippen LogP contribution in [-0.2, 0) is 10.0 Å².